The first-order valence-electron chi connectivity index (χ1n) is 14.3. The van der Waals surface area contributed by atoms with Gasteiger partial charge in [-0.2, -0.15) is 0 Å². The third-order valence-corrected chi connectivity index (χ3v) is 8.54. The van der Waals surface area contributed by atoms with E-state index >= 15 is 0 Å². The number of hydrogen-bond acceptors (Lipinski definition) is 1. The van der Waals surface area contributed by atoms with E-state index in [4.69, 9.17) is 4.98 Å². The Hall–Kier alpha value is -5.67. The summed E-state index contributed by atoms with van der Waals surface area (Å²) in [7, 11) is 0. The summed E-state index contributed by atoms with van der Waals surface area (Å²) in [5.74, 6) is 0. The van der Waals surface area contributed by atoms with Crippen molar-refractivity contribution in [1.82, 2.24) is 14.1 Å². The minimum atomic E-state index is 1.01. The van der Waals surface area contributed by atoms with Crippen molar-refractivity contribution < 1.29 is 0 Å². The highest BCUT2D eigenvalue weighted by Crippen LogP contribution is 2.43. The Labute approximate surface area is 242 Å². The number of hydrogen-bond donors (Lipinski definition) is 0. The van der Waals surface area contributed by atoms with E-state index in [1.807, 2.05) is 12.3 Å². The van der Waals surface area contributed by atoms with Gasteiger partial charge < -0.3 is 9.13 Å². The molecule has 0 fully saturated rings. The quantitative estimate of drug-likeness (QED) is 0.221. The molecule has 3 nitrogen and oxygen atoms in total. The zero-order chi connectivity index (χ0) is 27.6. The molecule has 0 N–H and O–H groups in total. The predicted molar refractivity (Wildman–Crippen MR) is 176 cm³/mol. The van der Waals surface area contributed by atoms with Crippen LogP contribution in [0, 0.1) is 0 Å². The van der Waals surface area contributed by atoms with Crippen LogP contribution in [0.25, 0.3) is 77.0 Å². The van der Waals surface area contributed by atoms with E-state index in [1.54, 1.807) is 0 Å². The van der Waals surface area contributed by atoms with Crippen LogP contribution in [0.5, 0.6) is 0 Å². The molecule has 42 heavy (non-hydrogen) atoms. The summed E-state index contributed by atoms with van der Waals surface area (Å²) >= 11 is 0. The lowest BCUT2D eigenvalue weighted by atomic mass is 9.98. The molecular weight excluding hydrogens is 510 g/mol. The number of rotatable bonds is 3. The molecule has 6 aromatic carbocycles. The Morgan fingerprint density at radius 3 is 2.07 bits per heavy atom. The second-order valence-corrected chi connectivity index (χ2v) is 10.8. The standard InChI is InChI=1S/C39H25N3/c1-2-13-28(14-3-1)41-35-20-9-16-31(37(35)38-36(41)21-10-24-40-38)33-18-8-17-32-30-15-6-7-19-34(30)42(39(32)33)29-23-22-26-11-4-5-12-27(26)25-29/h1-25H. The minimum absolute atomic E-state index is 1.01. The maximum atomic E-state index is 4.95. The van der Waals surface area contributed by atoms with E-state index in [1.165, 1.54) is 49.1 Å². The minimum Gasteiger partial charge on any atom is -0.309 e. The molecule has 0 spiro atoms. The molecular formula is C39H25N3. The number of benzene rings is 6. The number of para-hydroxylation sites is 3. The third-order valence-electron chi connectivity index (χ3n) is 8.54. The molecule has 3 aromatic heterocycles. The Bertz CT molecular complexity index is 2460. The first kappa shape index (κ1) is 23.1. The second kappa shape index (κ2) is 8.92. The van der Waals surface area contributed by atoms with Crippen LogP contribution in [0.2, 0.25) is 0 Å². The summed E-state index contributed by atoms with van der Waals surface area (Å²) in [6, 6.07) is 52.2. The molecule has 0 radical (unpaired) electrons. The van der Waals surface area contributed by atoms with Crippen molar-refractivity contribution in [2.24, 2.45) is 0 Å². The fraction of sp³-hybridized carbons (Fsp3) is 0. The van der Waals surface area contributed by atoms with E-state index in [0.717, 1.165) is 27.9 Å². The van der Waals surface area contributed by atoms with Crippen LogP contribution in [-0.4, -0.2) is 14.1 Å². The monoisotopic (exact) mass is 535 g/mol. The van der Waals surface area contributed by atoms with Crippen molar-refractivity contribution in [3.05, 3.63) is 152 Å². The summed E-state index contributed by atoms with van der Waals surface area (Å²) in [6.45, 7) is 0. The van der Waals surface area contributed by atoms with Gasteiger partial charge in [-0.05, 0) is 64.9 Å². The maximum Gasteiger partial charge on any atom is 0.0969 e. The number of nitrogens with zero attached hydrogens (tertiary/aromatic N) is 3. The molecule has 0 amide bonds. The molecule has 0 atom stereocenters. The average Bonchev–Trinajstić information content (AvgIpc) is 3.58. The average molecular weight is 536 g/mol. The van der Waals surface area contributed by atoms with Crippen molar-refractivity contribution in [3.63, 3.8) is 0 Å². The maximum absolute atomic E-state index is 4.95. The van der Waals surface area contributed by atoms with Crippen molar-refractivity contribution >= 4 is 54.5 Å². The van der Waals surface area contributed by atoms with Gasteiger partial charge in [-0.3, -0.25) is 4.98 Å². The molecule has 9 rings (SSSR count). The van der Waals surface area contributed by atoms with Gasteiger partial charge in [0, 0.05) is 39.3 Å². The van der Waals surface area contributed by atoms with Crippen LogP contribution < -0.4 is 0 Å². The van der Waals surface area contributed by atoms with Gasteiger partial charge in [0.05, 0.1) is 27.6 Å². The summed E-state index contributed by atoms with van der Waals surface area (Å²) in [6.07, 6.45) is 1.90. The van der Waals surface area contributed by atoms with Gasteiger partial charge in [-0.15, -0.1) is 0 Å². The normalized spacial score (nSPS) is 11.8. The van der Waals surface area contributed by atoms with Crippen LogP contribution in [-0.2, 0) is 0 Å². The van der Waals surface area contributed by atoms with Gasteiger partial charge in [0.25, 0.3) is 0 Å². The van der Waals surface area contributed by atoms with E-state index in [0.29, 0.717) is 0 Å². The molecule has 3 heteroatoms. The molecule has 3 heterocycles. The van der Waals surface area contributed by atoms with Gasteiger partial charge in [-0.1, -0.05) is 97.1 Å². The molecule has 0 unspecified atom stereocenters. The Morgan fingerprint density at radius 1 is 0.429 bits per heavy atom. The van der Waals surface area contributed by atoms with Crippen molar-refractivity contribution in [1.29, 1.82) is 0 Å². The lowest BCUT2D eigenvalue weighted by molar-refractivity contribution is 1.17. The number of fused-ring (bicyclic) bond motifs is 7. The molecule has 0 bridgehead atoms. The zero-order valence-corrected chi connectivity index (χ0v) is 22.8. The van der Waals surface area contributed by atoms with Crippen LogP contribution in [0.4, 0.5) is 0 Å². The van der Waals surface area contributed by atoms with Gasteiger partial charge >= 0.3 is 0 Å². The SMILES string of the molecule is c1ccc(-n2c3cccnc3c3c(-c4cccc5c6ccccc6n(-c6ccc7ccccc7c6)c45)cccc32)cc1. The topological polar surface area (TPSA) is 22.8 Å². The van der Waals surface area contributed by atoms with Gasteiger partial charge in [0.2, 0.25) is 0 Å². The molecule has 9 aromatic rings. The van der Waals surface area contributed by atoms with Crippen LogP contribution in [0.1, 0.15) is 0 Å². The third kappa shape index (κ3) is 3.25. The number of pyridine rings is 1. The predicted octanol–water partition coefficient (Wildman–Crippen LogP) is 10.1. The Morgan fingerprint density at radius 2 is 1.14 bits per heavy atom. The summed E-state index contributed by atoms with van der Waals surface area (Å²) in [5, 5.41) is 6.13. The fourth-order valence-corrected chi connectivity index (χ4v) is 6.77. The highest BCUT2D eigenvalue weighted by molar-refractivity contribution is 6.19. The molecule has 0 aliphatic heterocycles. The van der Waals surface area contributed by atoms with E-state index in [9.17, 15) is 0 Å². The van der Waals surface area contributed by atoms with E-state index in [-0.39, 0.29) is 0 Å². The van der Waals surface area contributed by atoms with Crippen molar-refractivity contribution in [2.75, 3.05) is 0 Å². The first-order valence-corrected chi connectivity index (χ1v) is 14.3. The fourth-order valence-electron chi connectivity index (χ4n) is 6.77. The highest BCUT2D eigenvalue weighted by Gasteiger charge is 2.21. The molecule has 0 aliphatic rings. The van der Waals surface area contributed by atoms with Gasteiger partial charge in [-0.25, -0.2) is 0 Å². The molecule has 196 valence electrons. The largest absolute Gasteiger partial charge is 0.309 e. The van der Waals surface area contributed by atoms with Crippen LogP contribution in [0.15, 0.2) is 152 Å². The lowest BCUT2D eigenvalue weighted by Crippen LogP contribution is -1.96. The van der Waals surface area contributed by atoms with E-state index in [2.05, 4.69) is 149 Å². The van der Waals surface area contributed by atoms with Crippen molar-refractivity contribution in [2.45, 2.75) is 0 Å². The summed E-state index contributed by atoms with van der Waals surface area (Å²) in [5.41, 5.74) is 10.3. The first-order chi connectivity index (χ1) is 20.9. The van der Waals surface area contributed by atoms with E-state index < -0.39 is 0 Å². The summed E-state index contributed by atoms with van der Waals surface area (Å²) < 4.78 is 4.77. The second-order valence-electron chi connectivity index (χ2n) is 10.8. The summed E-state index contributed by atoms with van der Waals surface area (Å²) in [4.78, 5) is 4.95. The Balaban J connectivity index is 1.43. The Kier molecular flexibility index (Phi) is 4.90. The van der Waals surface area contributed by atoms with Gasteiger partial charge in [0.15, 0.2) is 0 Å². The molecule has 0 saturated carbocycles. The molecule has 0 saturated heterocycles. The smallest absolute Gasteiger partial charge is 0.0969 e. The number of aromatic nitrogens is 3. The van der Waals surface area contributed by atoms with Crippen molar-refractivity contribution in [3.8, 4) is 22.5 Å². The lowest BCUT2D eigenvalue weighted by Gasteiger charge is -2.14. The van der Waals surface area contributed by atoms with Crippen LogP contribution >= 0.6 is 0 Å². The van der Waals surface area contributed by atoms with Gasteiger partial charge in [0.1, 0.15) is 0 Å². The zero-order valence-electron chi connectivity index (χ0n) is 22.8. The molecule has 0 aliphatic carbocycles. The van der Waals surface area contributed by atoms with Crippen LogP contribution in [0.3, 0.4) is 0 Å². The highest BCUT2D eigenvalue weighted by atomic mass is 15.0.